The number of para-hydroxylation sites is 1. The Bertz CT molecular complexity index is 1370. The minimum Gasteiger partial charge on any atom is -0.324 e. The van der Waals surface area contributed by atoms with E-state index in [0.29, 0.717) is 27.4 Å². The van der Waals surface area contributed by atoms with Crippen molar-refractivity contribution in [2.45, 2.75) is 24.3 Å². The highest BCUT2D eigenvalue weighted by Crippen LogP contribution is 2.28. The third kappa shape index (κ3) is 4.54. The highest BCUT2D eigenvalue weighted by Gasteiger charge is 2.21. The molecule has 5 nitrogen and oxygen atoms in total. The maximum absolute atomic E-state index is 13.3. The summed E-state index contributed by atoms with van der Waals surface area (Å²) < 4.78 is 14.8. The lowest BCUT2D eigenvalue weighted by molar-refractivity contribution is -0.115. The predicted octanol–water partition coefficient (Wildman–Crippen LogP) is 5.61. The van der Waals surface area contributed by atoms with E-state index in [9.17, 15) is 14.0 Å². The summed E-state index contributed by atoms with van der Waals surface area (Å²) in [7, 11) is 0. The number of hydrogen-bond acceptors (Lipinski definition) is 4. The van der Waals surface area contributed by atoms with E-state index >= 15 is 0 Å². The molecular formula is C24H19ClFN3O2S. The summed E-state index contributed by atoms with van der Waals surface area (Å²) in [5, 5.41) is 3.09. The van der Waals surface area contributed by atoms with Crippen molar-refractivity contribution in [3.63, 3.8) is 0 Å². The summed E-state index contributed by atoms with van der Waals surface area (Å²) in [6.45, 7) is 3.67. The largest absolute Gasteiger partial charge is 0.324 e. The van der Waals surface area contributed by atoms with Gasteiger partial charge >= 0.3 is 0 Å². The number of benzene rings is 3. The van der Waals surface area contributed by atoms with Gasteiger partial charge in [0.25, 0.3) is 5.56 Å². The number of hydrogen-bond donors (Lipinski definition) is 1. The van der Waals surface area contributed by atoms with Gasteiger partial charge in [0.15, 0.2) is 5.16 Å². The van der Waals surface area contributed by atoms with Gasteiger partial charge in [0.1, 0.15) is 5.82 Å². The van der Waals surface area contributed by atoms with Crippen LogP contribution in [-0.4, -0.2) is 20.7 Å². The number of carbonyl (C=O) groups excluding carboxylic acids is 1. The molecule has 32 heavy (non-hydrogen) atoms. The number of thioether (sulfide) groups is 1. The zero-order chi connectivity index (χ0) is 22.8. The zero-order valence-corrected chi connectivity index (χ0v) is 18.9. The van der Waals surface area contributed by atoms with Gasteiger partial charge in [-0.2, -0.15) is 0 Å². The average molecular weight is 468 g/mol. The molecule has 1 amide bonds. The number of aryl methyl sites for hydroxylation is 1. The zero-order valence-electron chi connectivity index (χ0n) is 17.3. The van der Waals surface area contributed by atoms with Crippen LogP contribution in [0.3, 0.4) is 0 Å². The molecule has 4 rings (SSSR count). The standard InChI is InChI=1S/C24H19ClFN3O2S/c1-14-7-10-17(11-8-14)29-23(31)18-5-3-4-6-20(18)28-24(29)32-15(2)22(30)27-21-12-9-16(26)13-19(21)25/h3-13,15H,1-2H3,(H,27,30). The molecule has 1 N–H and O–H groups in total. The first-order valence-corrected chi connectivity index (χ1v) is 11.1. The molecular weight excluding hydrogens is 449 g/mol. The van der Waals surface area contributed by atoms with E-state index < -0.39 is 11.1 Å². The first-order chi connectivity index (χ1) is 15.3. The van der Waals surface area contributed by atoms with Crippen LogP contribution >= 0.6 is 23.4 Å². The molecule has 0 fully saturated rings. The van der Waals surface area contributed by atoms with E-state index in [1.807, 2.05) is 37.3 Å². The Morgan fingerprint density at radius 3 is 2.56 bits per heavy atom. The second-order valence-corrected chi connectivity index (χ2v) is 8.98. The Morgan fingerprint density at radius 2 is 1.84 bits per heavy atom. The summed E-state index contributed by atoms with van der Waals surface area (Å²) in [6, 6.07) is 18.4. The molecule has 0 spiro atoms. The lowest BCUT2D eigenvalue weighted by Gasteiger charge is -2.17. The van der Waals surface area contributed by atoms with E-state index in [1.54, 1.807) is 25.1 Å². The topological polar surface area (TPSA) is 64.0 Å². The number of anilines is 1. The van der Waals surface area contributed by atoms with Crippen LogP contribution in [0.25, 0.3) is 16.6 Å². The van der Waals surface area contributed by atoms with Crippen LogP contribution < -0.4 is 10.9 Å². The minimum absolute atomic E-state index is 0.107. The number of carbonyl (C=O) groups is 1. The quantitative estimate of drug-likeness (QED) is 0.306. The maximum Gasteiger partial charge on any atom is 0.266 e. The Hall–Kier alpha value is -3.16. The monoisotopic (exact) mass is 467 g/mol. The number of halogens is 2. The molecule has 1 atom stereocenters. The van der Waals surface area contributed by atoms with Crippen molar-refractivity contribution in [3.8, 4) is 5.69 Å². The summed E-state index contributed by atoms with van der Waals surface area (Å²) in [6.07, 6.45) is 0. The van der Waals surface area contributed by atoms with Crippen molar-refractivity contribution in [3.05, 3.63) is 93.5 Å². The van der Waals surface area contributed by atoms with Gasteiger partial charge in [-0.05, 0) is 56.3 Å². The minimum atomic E-state index is -0.610. The lowest BCUT2D eigenvalue weighted by atomic mass is 10.2. The average Bonchev–Trinajstić information content (AvgIpc) is 2.77. The van der Waals surface area contributed by atoms with Crippen LogP contribution in [0.1, 0.15) is 12.5 Å². The normalized spacial score (nSPS) is 12.0. The summed E-state index contributed by atoms with van der Waals surface area (Å²) in [5.74, 6) is -0.834. The second kappa shape index (κ2) is 9.14. The Kier molecular flexibility index (Phi) is 6.30. The van der Waals surface area contributed by atoms with Gasteiger partial charge in [-0.1, -0.05) is 53.2 Å². The number of amides is 1. The highest BCUT2D eigenvalue weighted by molar-refractivity contribution is 8.00. The molecule has 0 saturated heterocycles. The highest BCUT2D eigenvalue weighted by atomic mass is 35.5. The van der Waals surface area contributed by atoms with E-state index in [1.165, 1.54) is 16.7 Å². The molecule has 1 unspecified atom stereocenters. The molecule has 0 saturated carbocycles. The fraction of sp³-hybridized carbons (Fsp3) is 0.125. The maximum atomic E-state index is 13.3. The van der Waals surface area contributed by atoms with E-state index in [4.69, 9.17) is 11.6 Å². The van der Waals surface area contributed by atoms with E-state index in [0.717, 1.165) is 23.4 Å². The molecule has 0 aliphatic heterocycles. The molecule has 0 aliphatic rings. The van der Waals surface area contributed by atoms with Crippen molar-refractivity contribution < 1.29 is 9.18 Å². The van der Waals surface area contributed by atoms with Crippen molar-refractivity contribution >= 4 is 45.9 Å². The fourth-order valence-corrected chi connectivity index (χ4v) is 4.29. The predicted molar refractivity (Wildman–Crippen MR) is 127 cm³/mol. The molecule has 4 aromatic rings. The molecule has 1 aromatic heterocycles. The number of rotatable bonds is 5. The van der Waals surface area contributed by atoms with Crippen LogP contribution in [0.2, 0.25) is 5.02 Å². The fourth-order valence-electron chi connectivity index (χ4n) is 3.15. The van der Waals surface area contributed by atoms with Gasteiger partial charge in [0.05, 0.1) is 32.6 Å². The van der Waals surface area contributed by atoms with Gasteiger partial charge < -0.3 is 5.32 Å². The number of aromatic nitrogens is 2. The second-order valence-electron chi connectivity index (χ2n) is 7.26. The lowest BCUT2D eigenvalue weighted by Crippen LogP contribution is -2.26. The van der Waals surface area contributed by atoms with Crippen LogP contribution in [-0.2, 0) is 4.79 Å². The number of nitrogens with zero attached hydrogens (tertiary/aromatic N) is 2. The first-order valence-electron chi connectivity index (χ1n) is 9.85. The SMILES string of the molecule is Cc1ccc(-n2c(SC(C)C(=O)Nc3ccc(F)cc3Cl)nc3ccccc3c2=O)cc1. The van der Waals surface area contributed by atoms with E-state index in [-0.39, 0.29) is 16.5 Å². The molecule has 162 valence electrons. The molecule has 8 heteroatoms. The Labute approximate surface area is 193 Å². The summed E-state index contributed by atoms with van der Waals surface area (Å²) in [4.78, 5) is 30.8. The van der Waals surface area contributed by atoms with Crippen molar-refractivity contribution in [1.82, 2.24) is 9.55 Å². The van der Waals surface area contributed by atoms with Gasteiger partial charge in [-0.3, -0.25) is 14.2 Å². The third-order valence-corrected chi connectivity index (χ3v) is 6.24. The van der Waals surface area contributed by atoms with Gasteiger partial charge in [0.2, 0.25) is 5.91 Å². The van der Waals surface area contributed by atoms with Crippen LogP contribution in [0, 0.1) is 12.7 Å². The Balaban J connectivity index is 1.71. The molecule has 0 radical (unpaired) electrons. The molecule has 3 aromatic carbocycles. The molecule has 0 aliphatic carbocycles. The van der Waals surface area contributed by atoms with Crippen molar-refractivity contribution in [1.29, 1.82) is 0 Å². The molecule has 0 bridgehead atoms. The van der Waals surface area contributed by atoms with Gasteiger partial charge in [0, 0.05) is 0 Å². The van der Waals surface area contributed by atoms with Crippen LogP contribution in [0.5, 0.6) is 0 Å². The molecule has 1 heterocycles. The number of nitrogens with one attached hydrogen (secondary N) is 1. The smallest absolute Gasteiger partial charge is 0.266 e. The van der Waals surface area contributed by atoms with Crippen molar-refractivity contribution in [2.24, 2.45) is 0 Å². The summed E-state index contributed by atoms with van der Waals surface area (Å²) >= 11 is 7.18. The first kappa shape index (κ1) is 22.0. The number of fused-ring (bicyclic) bond motifs is 1. The Morgan fingerprint density at radius 1 is 1.12 bits per heavy atom. The van der Waals surface area contributed by atoms with Crippen LogP contribution in [0.4, 0.5) is 10.1 Å². The van der Waals surface area contributed by atoms with Gasteiger partial charge in [-0.15, -0.1) is 0 Å². The van der Waals surface area contributed by atoms with E-state index in [2.05, 4.69) is 10.3 Å². The van der Waals surface area contributed by atoms with Crippen LogP contribution in [0.15, 0.2) is 76.7 Å². The third-order valence-electron chi connectivity index (χ3n) is 4.88. The van der Waals surface area contributed by atoms with Gasteiger partial charge in [-0.25, -0.2) is 9.37 Å². The summed E-state index contributed by atoms with van der Waals surface area (Å²) in [5.41, 5.74) is 2.38. The van der Waals surface area contributed by atoms with Crippen molar-refractivity contribution in [2.75, 3.05) is 5.32 Å².